The number of carbonyl (C=O) groups is 1. The van der Waals surface area contributed by atoms with Crippen LogP contribution in [0, 0.1) is 5.92 Å². The summed E-state index contributed by atoms with van der Waals surface area (Å²) < 4.78 is 22.2. The van der Waals surface area contributed by atoms with Crippen molar-refractivity contribution in [2.24, 2.45) is 5.92 Å². The van der Waals surface area contributed by atoms with Gasteiger partial charge in [-0.3, -0.25) is 4.79 Å². The van der Waals surface area contributed by atoms with Gasteiger partial charge in [0.05, 0.1) is 12.3 Å². The van der Waals surface area contributed by atoms with E-state index in [4.69, 9.17) is 0 Å². The first-order valence-electron chi connectivity index (χ1n) is 5.46. The van der Waals surface area contributed by atoms with Crippen LogP contribution >= 0.6 is 0 Å². The van der Waals surface area contributed by atoms with Crippen molar-refractivity contribution in [3.05, 3.63) is 0 Å². The highest BCUT2D eigenvalue weighted by atomic mass is 32.2. The Kier molecular flexibility index (Phi) is 4.73. The SMILES string of the molecule is CCS(=O)(=O)CCC(=O)CNCC1CC1. The minimum atomic E-state index is -2.99. The van der Waals surface area contributed by atoms with Crippen LogP contribution in [0.4, 0.5) is 0 Å². The monoisotopic (exact) mass is 233 g/mol. The lowest BCUT2D eigenvalue weighted by molar-refractivity contribution is -0.117. The van der Waals surface area contributed by atoms with Gasteiger partial charge in [-0.15, -0.1) is 0 Å². The normalized spacial score (nSPS) is 16.6. The Labute approximate surface area is 91.4 Å². The van der Waals surface area contributed by atoms with Crippen molar-refractivity contribution >= 4 is 15.6 Å². The van der Waals surface area contributed by atoms with E-state index >= 15 is 0 Å². The average Bonchev–Trinajstić information content (AvgIpc) is 2.99. The first-order valence-corrected chi connectivity index (χ1v) is 7.28. The number of ketones is 1. The number of hydrogen-bond acceptors (Lipinski definition) is 4. The largest absolute Gasteiger partial charge is 0.310 e. The fourth-order valence-electron chi connectivity index (χ4n) is 1.24. The van der Waals surface area contributed by atoms with Crippen molar-refractivity contribution < 1.29 is 13.2 Å². The van der Waals surface area contributed by atoms with Gasteiger partial charge < -0.3 is 5.32 Å². The summed E-state index contributed by atoms with van der Waals surface area (Å²) >= 11 is 0. The van der Waals surface area contributed by atoms with Crippen LogP contribution in [0.15, 0.2) is 0 Å². The molecule has 0 saturated heterocycles. The molecule has 88 valence electrons. The molecule has 1 aliphatic carbocycles. The van der Waals surface area contributed by atoms with Crippen molar-refractivity contribution in [1.82, 2.24) is 5.32 Å². The summed E-state index contributed by atoms with van der Waals surface area (Å²) in [6.07, 6.45) is 2.66. The highest BCUT2D eigenvalue weighted by molar-refractivity contribution is 7.91. The molecule has 0 bridgehead atoms. The van der Waals surface area contributed by atoms with Gasteiger partial charge in [0.15, 0.2) is 0 Å². The van der Waals surface area contributed by atoms with Crippen LogP contribution in [0.3, 0.4) is 0 Å². The van der Waals surface area contributed by atoms with Crippen LogP contribution < -0.4 is 5.32 Å². The molecule has 0 spiro atoms. The molecule has 1 rings (SSSR count). The van der Waals surface area contributed by atoms with Gasteiger partial charge in [-0.25, -0.2) is 8.42 Å². The Morgan fingerprint density at radius 2 is 2.07 bits per heavy atom. The van der Waals surface area contributed by atoms with E-state index in [1.54, 1.807) is 6.92 Å². The maximum Gasteiger partial charge on any atom is 0.150 e. The molecule has 4 nitrogen and oxygen atoms in total. The van der Waals surface area contributed by atoms with Crippen LogP contribution in [0.5, 0.6) is 0 Å². The molecule has 1 aliphatic rings. The van der Waals surface area contributed by atoms with Crippen LogP contribution in [0.2, 0.25) is 0 Å². The molecule has 0 atom stereocenters. The average molecular weight is 233 g/mol. The summed E-state index contributed by atoms with van der Waals surface area (Å²) in [6, 6.07) is 0. The van der Waals surface area contributed by atoms with Gasteiger partial charge >= 0.3 is 0 Å². The second-order valence-electron chi connectivity index (χ2n) is 4.10. The van der Waals surface area contributed by atoms with Crippen LogP contribution in [-0.4, -0.2) is 38.8 Å². The van der Waals surface area contributed by atoms with Gasteiger partial charge in [0.25, 0.3) is 0 Å². The number of hydrogen-bond donors (Lipinski definition) is 1. The molecule has 1 saturated carbocycles. The van der Waals surface area contributed by atoms with E-state index in [1.807, 2.05) is 0 Å². The fraction of sp³-hybridized carbons (Fsp3) is 0.900. The number of carbonyl (C=O) groups excluding carboxylic acids is 1. The van der Waals surface area contributed by atoms with Gasteiger partial charge in [-0.1, -0.05) is 6.92 Å². The third-order valence-electron chi connectivity index (χ3n) is 2.58. The van der Waals surface area contributed by atoms with E-state index in [-0.39, 0.29) is 23.7 Å². The molecule has 0 aromatic carbocycles. The summed E-state index contributed by atoms with van der Waals surface area (Å²) in [5.74, 6) is 0.855. The standard InChI is InChI=1S/C10H19NO3S/c1-2-15(13,14)6-5-10(12)8-11-7-9-3-4-9/h9,11H,2-8H2,1H3. The molecule has 15 heavy (non-hydrogen) atoms. The molecule has 0 radical (unpaired) electrons. The lowest BCUT2D eigenvalue weighted by Crippen LogP contribution is -2.26. The Balaban J connectivity index is 2.07. The lowest BCUT2D eigenvalue weighted by atomic mass is 10.3. The van der Waals surface area contributed by atoms with Gasteiger partial charge in [-0.2, -0.15) is 0 Å². The lowest BCUT2D eigenvalue weighted by Gasteiger charge is -2.03. The van der Waals surface area contributed by atoms with Gasteiger partial charge in [-0.05, 0) is 25.3 Å². The molecule has 0 unspecified atom stereocenters. The van der Waals surface area contributed by atoms with E-state index in [1.165, 1.54) is 12.8 Å². The molecule has 0 aromatic heterocycles. The van der Waals surface area contributed by atoms with Crippen molar-refractivity contribution in [3.63, 3.8) is 0 Å². The Morgan fingerprint density at radius 3 is 2.60 bits per heavy atom. The van der Waals surface area contributed by atoms with E-state index in [9.17, 15) is 13.2 Å². The first-order chi connectivity index (χ1) is 7.03. The first kappa shape index (κ1) is 12.6. The topological polar surface area (TPSA) is 63.2 Å². The summed E-state index contributed by atoms with van der Waals surface area (Å²) in [5, 5.41) is 3.06. The fourth-order valence-corrected chi connectivity index (χ4v) is 2.07. The molecule has 0 aliphatic heterocycles. The highest BCUT2D eigenvalue weighted by Crippen LogP contribution is 2.27. The minimum Gasteiger partial charge on any atom is -0.310 e. The third kappa shape index (κ3) is 5.89. The molecule has 0 aromatic rings. The van der Waals surface area contributed by atoms with E-state index in [0.29, 0.717) is 6.54 Å². The smallest absolute Gasteiger partial charge is 0.150 e. The number of sulfone groups is 1. The van der Waals surface area contributed by atoms with Crippen molar-refractivity contribution in [2.45, 2.75) is 26.2 Å². The molecule has 1 fully saturated rings. The predicted octanol–water partition coefficient (Wildman–Crippen LogP) is 0.380. The minimum absolute atomic E-state index is 0.00651. The van der Waals surface area contributed by atoms with E-state index in [0.717, 1.165) is 12.5 Å². The van der Waals surface area contributed by atoms with Crippen LogP contribution in [0.1, 0.15) is 26.2 Å². The molecular weight excluding hydrogens is 214 g/mol. The van der Waals surface area contributed by atoms with Gasteiger partial charge in [0.2, 0.25) is 0 Å². The van der Waals surface area contributed by atoms with Crippen LogP contribution in [0.25, 0.3) is 0 Å². The Morgan fingerprint density at radius 1 is 1.40 bits per heavy atom. The maximum atomic E-state index is 11.3. The molecule has 1 N–H and O–H groups in total. The summed E-state index contributed by atoms with van der Waals surface area (Å²) in [6.45, 7) is 2.81. The van der Waals surface area contributed by atoms with E-state index in [2.05, 4.69) is 5.32 Å². The Hall–Kier alpha value is -0.420. The number of rotatable bonds is 8. The van der Waals surface area contributed by atoms with Crippen molar-refractivity contribution in [3.8, 4) is 0 Å². The molecule has 5 heteroatoms. The number of nitrogens with one attached hydrogen (secondary N) is 1. The molecular formula is C10H19NO3S. The second-order valence-corrected chi connectivity index (χ2v) is 6.57. The molecule has 0 heterocycles. The van der Waals surface area contributed by atoms with Gasteiger partial charge in [0.1, 0.15) is 15.6 Å². The predicted molar refractivity (Wildman–Crippen MR) is 59.5 cm³/mol. The summed E-state index contributed by atoms with van der Waals surface area (Å²) in [5.41, 5.74) is 0. The van der Waals surface area contributed by atoms with Crippen molar-refractivity contribution in [1.29, 1.82) is 0 Å². The quantitative estimate of drug-likeness (QED) is 0.658. The maximum absolute atomic E-state index is 11.3. The van der Waals surface area contributed by atoms with E-state index < -0.39 is 9.84 Å². The second kappa shape index (κ2) is 5.61. The zero-order valence-electron chi connectivity index (χ0n) is 9.16. The zero-order chi connectivity index (χ0) is 11.3. The molecule has 0 amide bonds. The zero-order valence-corrected chi connectivity index (χ0v) is 9.98. The third-order valence-corrected chi connectivity index (χ3v) is 4.29. The number of Topliss-reactive ketones (excluding diaryl/α,β-unsaturated/α-hetero) is 1. The highest BCUT2D eigenvalue weighted by Gasteiger charge is 2.20. The van der Waals surface area contributed by atoms with Crippen molar-refractivity contribution in [2.75, 3.05) is 24.6 Å². The summed E-state index contributed by atoms with van der Waals surface area (Å²) in [7, 11) is -2.99. The van der Waals surface area contributed by atoms with Gasteiger partial charge in [0, 0.05) is 12.2 Å². The Bertz CT molecular complexity index is 307. The summed E-state index contributed by atoms with van der Waals surface area (Å²) in [4.78, 5) is 11.3. The van der Waals surface area contributed by atoms with Crippen LogP contribution in [-0.2, 0) is 14.6 Å².